The zero-order valence-electron chi connectivity index (χ0n) is 16.5. The summed E-state index contributed by atoms with van der Waals surface area (Å²) < 4.78 is 12.4. The largest absolute Gasteiger partial charge is 0.388 e. The second-order valence-electron chi connectivity index (χ2n) is 9.58. The number of carbonyl (C=O) groups is 1. The molecule has 1 spiro atoms. The Morgan fingerprint density at radius 2 is 1.88 bits per heavy atom. The normalized spacial score (nSPS) is 41.8. The lowest BCUT2D eigenvalue weighted by atomic mass is 9.66. The molecule has 0 bridgehead atoms. The number of carbonyl (C=O) groups excluding carboxylic acids is 1. The summed E-state index contributed by atoms with van der Waals surface area (Å²) in [6.45, 7) is 10.5. The first kappa shape index (κ1) is 18.4. The molecule has 26 heavy (non-hydrogen) atoms. The summed E-state index contributed by atoms with van der Waals surface area (Å²) in [5.74, 6) is 0.382. The van der Waals surface area contributed by atoms with Crippen molar-refractivity contribution in [2.24, 2.45) is 22.7 Å². The van der Waals surface area contributed by atoms with Crippen LogP contribution in [0, 0.1) is 22.7 Å². The highest BCUT2D eigenvalue weighted by Gasteiger charge is 2.61. The summed E-state index contributed by atoms with van der Waals surface area (Å²) in [4.78, 5) is 11.8. The average Bonchev–Trinajstić information content (AvgIpc) is 3.12. The molecule has 4 nitrogen and oxygen atoms in total. The zero-order valence-corrected chi connectivity index (χ0v) is 16.5. The van der Waals surface area contributed by atoms with Crippen molar-refractivity contribution >= 4 is 6.29 Å². The molecule has 1 heterocycles. The third kappa shape index (κ3) is 2.42. The summed E-state index contributed by atoms with van der Waals surface area (Å²) in [6.07, 6.45) is 6.99. The van der Waals surface area contributed by atoms with Gasteiger partial charge in [0.15, 0.2) is 5.79 Å². The molecule has 4 rings (SSSR count). The number of allylic oxidation sites excluding steroid dienone is 2. The minimum atomic E-state index is -0.652. The topological polar surface area (TPSA) is 55.8 Å². The Hall–Kier alpha value is -0.970. The van der Waals surface area contributed by atoms with E-state index >= 15 is 0 Å². The lowest BCUT2D eigenvalue weighted by Crippen LogP contribution is -2.32. The van der Waals surface area contributed by atoms with Crippen LogP contribution in [-0.2, 0) is 14.3 Å². The van der Waals surface area contributed by atoms with Crippen LogP contribution in [0.5, 0.6) is 0 Å². The molecule has 0 aromatic heterocycles. The van der Waals surface area contributed by atoms with E-state index in [4.69, 9.17) is 9.47 Å². The van der Waals surface area contributed by atoms with Gasteiger partial charge in [-0.25, -0.2) is 0 Å². The Bertz CT molecular complexity index is 670. The van der Waals surface area contributed by atoms with Crippen molar-refractivity contribution in [3.8, 4) is 0 Å². The minimum Gasteiger partial charge on any atom is -0.388 e. The lowest BCUT2D eigenvalue weighted by molar-refractivity contribution is -0.125. The summed E-state index contributed by atoms with van der Waals surface area (Å²) in [5, 5.41) is 10.4. The van der Waals surface area contributed by atoms with E-state index in [1.807, 2.05) is 0 Å². The fourth-order valence-corrected chi connectivity index (χ4v) is 6.17. The number of rotatable bonds is 2. The van der Waals surface area contributed by atoms with Crippen LogP contribution in [0.4, 0.5) is 0 Å². The van der Waals surface area contributed by atoms with E-state index in [1.165, 1.54) is 5.57 Å². The van der Waals surface area contributed by atoms with Gasteiger partial charge in [-0.2, -0.15) is 0 Å². The van der Waals surface area contributed by atoms with E-state index in [2.05, 4.69) is 33.8 Å². The molecule has 0 amide bonds. The van der Waals surface area contributed by atoms with Crippen molar-refractivity contribution in [2.75, 3.05) is 13.2 Å². The van der Waals surface area contributed by atoms with Crippen molar-refractivity contribution in [1.82, 2.24) is 0 Å². The lowest BCUT2D eigenvalue weighted by Gasteiger charge is -2.39. The molecular formula is C22H32O4. The van der Waals surface area contributed by atoms with E-state index < -0.39 is 11.9 Å². The molecule has 1 aliphatic heterocycles. The van der Waals surface area contributed by atoms with Gasteiger partial charge < -0.3 is 14.6 Å². The predicted octanol–water partition coefficient (Wildman–Crippen LogP) is 3.79. The molecule has 0 aromatic rings. The quantitative estimate of drug-likeness (QED) is 0.761. The van der Waals surface area contributed by atoms with Gasteiger partial charge in [-0.15, -0.1) is 0 Å². The summed E-state index contributed by atoms with van der Waals surface area (Å²) in [5.41, 5.74) is 2.74. The van der Waals surface area contributed by atoms with Gasteiger partial charge in [-0.05, 0) is 59.5 Å². The van der Waals surface area contributed by atoms with E-state index in [-0.39, 0.29) is 10.8 Å². The van der Waals surface area contributed by atoms with Crippen molar-refractivity contribution in [3.05, 3.63) is 22.8 Å². The number of hydrogen-bond donors (Lipinski definition) is 1. The maximum Gasteiger partial charge on any atom is 0.192 e. The first-order valence-corrected chi connectivity index (χ1v) is 10.1. The molecule has 4 atom stereocenters. The predicted molar refractivity (Wildman–Crippen MR) is 99.4 cm³/mol. The Labute approximate surface area is 156 Å². The molecule has 144 valence electrons. The van der Waals surface area contributed by atoms with Crippen LogP contribution in [-0.4, -0.2) is 36.5 Å². The minimum absolute atomic E-state index is 0.00477. The fourth-order valence-electron chi connectivity index (χ4n) is 6.17. The number of aliphatic hydroxyl groups is 1. The third-order valence-corrected chi connectivity index (χ3v) is 7.79. The van der Waals surface area contributed by atoms with Crippen molar-refractivity contribution in [3.63, 3.8) is 0 Å². The highest BCUT2D eigenvalue weighted by atomic mass is 16.7. The van der Waals surface area contributed by atoms with Crippen molar-refractivity contribution in [2.45, 2.75) is 71.7 Å². The highest BCUT2D eigenvalue weighted by molar-refractivity contribution is 5.78. The fraction of sp³-hybridized carbons (Fsp3) is 0.773. The zero-order chi connectivity index (χ0) is 18.7. The molecule has 1 saturated heterocycles. The van der Waals surface area contributed by atoms with Crippen LogP contribution in [0.1, 0.15) is 59.8 Å². The van der Waals surface area contributed by atoms with Crippen LogP contribution in [0.15, 0.2) is 22.8 Å². The van der Waals surface area contributed by atoms with Gasteiger partial charge in [0, 0.05) is 12.0 Å². The molecule has 0 radical (unpaired) electrons. The molecule has 4 aliphatic rings. The summed E-state index contributed by atoms with van der Waals surface area (Å²) in [7, 11) is 0. The number of aldehydes is 1. The number of aliphatic hydroxyl groups excluding tert-OH is 1. The Morgan fingerprint density at radius 3 is 2.50 bits per heavy atom. The highest BCUT2D eigenvalue weighted by Crippen LogP contribution is 2.64. The molecule has 1 saturated carbocycles. The molecule has 0 unspecified atom stereocenters. The first-order chi connectivity index (χ1) is 12.3. The van der Waals surface area contributed by atoms with Gasteiger partial charge in [0.05, 0.1) is 19.3 Å². The Kier molecular flexibility index (Phi) is 4.26. The van der Waals surface area contributed by atoms with Crippen molar-refractivity contribution < 1.29 is 19.4 Å². The monoisotopic (exact) mass is 360 g/mol. The smallest absolute Gasteiger partial charge is 0.192 e. The number of ether oxygens (including phenoxy) is 2. The van der Waals surface area contributed by atoms with E-state index in [9.17, 15) is 9.90 Å². The second kappa shape index (κ2) is 6.02. The average molecular weight is 360 g/mol. The van der Waals surface area contributed by atoms with Gasteiger partial charge in [-0.3, -0.25) is 4.79 Å². The number of hydrogen-bond acceptors (Lipinski definition) is 4. The Balaban J connectivity index is 1.93. The molecule has 0 aromatic carbocycles. The van der Waals surface area contributed by atoms with Crippen molar-refractivity contribution in [1.29, 1.82) is 0 Å². The second-order valence-corrected chi connectivity index (χ2v) is 9.58. The van der Waals surface area contributed by atoms with Crippen LogP contribution in [0.25, 0.3) is 0 Å². The molecule has 4 heteroatoms. The maximum absolute atomic E-state index is 11.8. The van der Waals surface area contributed by atoms with Gasteiger partial charge in [0.25, 0.3) is 0 Å². The number of fused-ring (bicyclic) bond motifs is 3. The maximum atomic E-state index is 11.8. The van der Waals surface area contributed by atoms with Crippen LogP contribution >= 0.6 is 0 Å². The van der Waals surface area contributed by atoms with Crippen LogP contribution in [0.2, 0.25) is 0 Å². The first-order valence-electron chi connectivity index (χ1n) is 10.1. The van der Waals surface area contributed by atoms with Gasteiger partial charge in [-0.1, -0.05) is 33.8 Å². The van der Waals surface area contributed by atoms with Gasteiger partial charge >= 0.3 is 0 Å². The third-order valence-electron chi connectivity index (χ3n) is 7.79. The van der Waals surface area contributed by atoms with E-state index in [0.717, 1.165) is 37.5 Å². The van der Waals surface area contributed by atoms with E-state index in [1.54, 1.807) is 0 Å². The van der Waals surface area contributed by atoms with Crippen LogP contribution in [0.3, 0.4) is 0 Å². The van der Waals surface area contributed by atoms with E-state index in [0.29, 0.717) is 37.0 Å². The standard InChI is InChI=1S/C22H32O4/c1-14(2)17-12-22(25-9-10-26-22)19-11-16-15(13-23)18(24)5-6-20(16,3)7-8-21(17,19)4/h11,13-14,17-18,24H,5-10,12H2,1-4H3/t17-,18+,20+,21-/m1/s1. The molecule has 1 N–H and O–H groups in total. The molecule has 3 aliphatic carbocycles. The van der Waals surface area contributed by atoms with Gasteiger partial charge in [0.2, 0.25) is 0 Å². The molecular weight excluding hydrogens is 328 g/mol. The summed E-state index contributed by atoms with van der Waals surface area (Å²) >= 11 is 0. The SMILES string of the molecule is CC(C)[C@H]1CC2(OCCO2)C2=CC3=C(C=O)[C@@H](O)CC[C@@]3(C)CC[C@@]21C. The summed E-state index contributed by atoms with van der Waals surface area (Å²) in [6, 6.07) is 0. The molecule has 2 fully saturated rings. The van der Waals surface area contributed by atoms with Crippen LogP contribution < -0.4 is 0 Å². The van der Waals surface area contributed by atoms with Gasteiger partial charge in [0.1, 0.15) is 6.29 Å². The Morgan fingerprint density at radius 1 is 1.19 bits per heavy atom.